The molecule has 0 spiro atoms. The Balaban J connectivity index is 0.00000220. The molecule has 1 fully saturated rings. The number of nitrogens with zero attached hydrogens (tertiary/aromatic N) is 1. The molecule has 21 heavy (non-hydrogen) atoms. The molecular formula is C17H28ClFN2. The molecule has 0 aromatic heterocycles. The first-order valence-electron chi connectivity index (χ1n) is 7.93. The van der Waals surface area contributed by atoms with Gasteiger partial charge in [-0.15, -0.1) is 12.4 Å². The summed E-state index contributed by atoms with van der Waals surface area (Å²) in [6.07, 6.45) is 4.69. The lowest BCUT2D eigenvalue weighted by Gasteiger charge is -2.35. The largest absolute Gasteiger partial charge is 0.314 e. The monoisotopic (exact) mass is 314 g/mol. The van der Waals surface area contributed by atoms with Crippen molar-refractivity contribution in [1.29, 1.82) is 0 Å². The quantitative estimate of drug-likeness (QED) is 0.796. The van der Waals surface area contributed by atoms with E-state index in [1.165, 1.54) is 19.3 Å². The maximum atomic E-state index is 14.2. The van der Waals surface area contributed by atoms with Crippen molar-refractivity contribution >= 4 is 12.4 Å². The summed E-state index contributed by atoms with van der Waals surface area (Å²) in [5.41, 5.74) is 2.04. The van der Waals surface area contributed by atoms with Gasteiger partial charge in [0.15, 0.2) is 0 Å². The SMILES string of the molecule is CCCCC[C@@H](c1cc(C)ccc1F)N1CCNCC1.Cl. The Morgan fingerprint density at radius 1 is 1.24 bits per heavy atom. The van der Waals surface area contributed by atoms with Gasteiger partial charge in [-0.2, -0.15) is 0 Å². The Kier molecular flexibility index (Phi) is 8.23. The zero-order chi connectivity index (χ0) is 14.4. The van der Waals surface area contributed by atoms with Crippen molar-refractivity contribution in [2.24, 2.45) is 0 Å². The molecule has 1 N–H and O–H groups in total. The summed E-state index contributed by atoms with van der Waals surface area (Å²) >= 11 is 0. The number of piperazine rings is 1. The van der Waals surface area contributed by atoms with Crippen LogP contribution in [0.3, 0.4) is 0 Å². The van der Waals surface area contributed by atoms with E-state index in [0.717, 1.165) is 43.7 Å². The van der Waals surface area contributed by atoms with E-state index in [4.69, 9.17) is 0 Å². The zero-order valence-electron chi connectivity index (χ0n) is 13.2. The van der Waals surface area contributed by atoms with E-state index in [1.807, 2.05) is 19.1 Å². The molecule has 0 aliphatic carbocycles. The summed E-state index contributed by atoms with van der Waals surface area (Å²) in [7, 11) is 0. The normalized spacial score (nSPS) is 17.3. The van der Waals surface area contributed by atoms with E-state index in [2.05, 4.69) is 17.1 Å². The van der Waals surface area contributed by atoms with E-state index >= 15 is 0 Å². The number of hydrogen-bond donors (Lipinski definition) is 1. The van der Waals surface area contributed by atoms with E-state index in [-0.39, 0.29) is 24.3 Å². The minimum absolute atomic E-state index is 0. The lowest BCUT2D eigenvalue weighted by atomic mass is 9.96. The van der Waals surface area contributed by atoms with Crippen LogP contribution in [0.1, 0.15) is 49.8 Å². The summed E-state index contributed by atoms with van der Waals surface area (Å²) in [5.74, 6) is -0.0457. The third-order valence-electron chi connectivity index (χ3n) is 4.18. The topological polar surface area (TPSA) is 15.3 Å². The van der Waals surface area contributed by atoms with Crippen molar-refractivity contribution in [2.45, 2.75) is 45.6 Å². The molecule has 120 valence electrons. The highest BCUT2D eigenvalue weighted by molar-refractivity contribution is 5.85. The molecule has 0 unspecified atom stereocenters. The van der Waals surface area contributed by atoms with Crippen molar-refractivity contribution in [3.05, 3.63) is 35.1 Å². The van der Waals surface area contributed by atoms with Gasteiger partial charge in [0.2, 0.25) is 0 Å². The molecule has 1 aliphatic rings. The second-order valence-corrected chi connectivity index (χ2v) is 5.82. The standard InChI is InChI=1S/C17H27FN2.ClH/c1-3-4-5-6-17(20-11-9-19-10-12-20)15-13-14(2)7-8-16(15)18;/h7-8,13,17,19H,3-6,9-12H2,1-2H3;1H/t17-;/m0./s1. The fourth-order valence-electron chi connectivity index (χ4n) is 3.03. The average molecular weight is 315 g/mol. The molecule has 1 aliphatic heterocycles. The first-order valence-corrected chi connectivity index (χ1v) is 7.93. The number of benzene rings is 1. The highest BCUT2D eigenvalue weighted by atomic mass is 35.5. The van der Waals surface area contributed by atoms with Crippen molar-refractivity contribution in [3.63, 3.8) is 0 Å². The van der Waals surface area contributed by atoms with Gasteiger partial charge < -0.3 is 5.32 Å². The maximum Gasteiger partial charge on any atom is 0.128 e. The lowest BCUT2D eigenvalue weighted by molar-refractivity contribution is 0.159. The van der Waals surface area contributed by atoms with Gasteiger partial charge in [-0.3, -0.25) is 4.90 Å². The Hall–Kier alpha value is -0.640. The van der Waals surface area contributed by atoms with Gasteiger partial charge >= 0.3 is 0 Å². The van der Waals surface area contributed by atoms with Crippen LogP contribution in [0.25, 0.3) is 0 Å². The van der Waals surface area contributed by atoms with Gasteiger partial charge in [-0.05, 0) is 19.4 Å². The number of hydrogen-bond acceptors (Lipinski definition) is 2. The highest BCUT2D eigenvalue weighted by Crippen LogP contribution is 2.29. The molecule has 1 aromatic rings. The minimum atomic E-state index is -0.0457. The molecule has 1 atom stereocenters. The molecule has 1 aromatic carbocycles. The summed E-state index contributed by atoms with van der Waals surface area (Å²) < 4.78 is 14.2. The van der Waals surface area contributed by atoms with Gasteiger partial charge in [0, 0.05) is 37.8 Å². The third-order valence-corrected chi connectivity index (χ3v) is 4.18. The Morgan fingerprint density at radius 2 is 1.95 bits per heavy atom. The number of rotatable bonds is 6. The van der Waals surface area contributed by atoms with Crippen LogP contribution in [-0.4, -0.2) is 31.1 Å². The van der Waals surface area contributed by atoms with E-state index in [0.29, 0.717) is 0 Å². The molecule has 2 rings (SSSR count). The highest BCUT2D eigenvalue weighted by Gasteiger charge is 2.24. The van der Waals surface area contributed by atoms with Gasteiger partial charge in [-0.1, -0.05) is 43.9 Å². The zero-order valence-corrected chi connectivity index (χ0v) is 14.0. The molecule has 0 amide bonds. The summed E-state index contributed by atoms with van der Waals surface area (Å²) in [4.78, 5) is 2.45. The van der Waals surface area contributed by atoms with Crippen LogP contribution in [0.2, 0.25) is 0 Å². The second kappa shape index (κ2) is 9.39. The summed E-state index contributed by atoms with van der Waals surface area (Å²) in [6.45, 7) is 8.32. The summed E-state index contributed by atoms with van der Waals surface area (Å²) in [5, 5.41) is 3.38. The van der Waals surface area contributed by atoms with Crippen LogP contribution in [0, 0.1) is 12.7 Å². The van der Waals surface area contributed by atoms with Crippen LogP contribution in [0.4, 0.5) is 4.39 Å². The molecular weight excluding hydrogens is 287 g/mol. The first-order chi connectivity index (χ1) is 9.72. The van der Waals surface area contributed by atoms with Crippen LogP contribution in [0.5, 0.6) is 0 Å². The van der Waals surface area contributed by atoms with Crippen molar-refractivity contribution in [2.75, 3.05) is 26.2 Å². The predicted octanol–water partition coefficient (Wildman–Crippen LogP) is 4.08. The van der Waals surface area contributed by atoms with Crippen LogP contribution in [-0.2, 0) is 0 Å². The number of unbranched alkanes of at least 4 members (excludes halogenated alkanes) is 2. The molecule has 1 saturated heterocycles. The van der Waals surface area contributed by atoms with Crippen molar-refractivity contribution in [3.8, 4) is 0 Å². The van der Waals surface area contributed by atoms with Crippen LogP contribution < -0.4 is 5.32 Å². The lowest BCUT2D eigenvalue weighted by Crippen LogP contribution is -2.45. The fraction of sp³-hybridized carbons (Fsp3) is 0.647. The van der Waals surface area contributed by atoms with E-state index in [9.17, 15) is 4.39 Å². The maximum absolute atomic E-state index is 14.2. The van der Waals surface area contributed by atoms with Crippen LogP contribution >= 0.6 is 12.4 Å². The Bertz CT molecular complexity index is 419. The van der Waals surface area contributed by atoms with Gasteiger partial charge in [-0.25, -0.2) is 4.39 Å². The fourth-order valence-corrected chi connectivity index (χ4v) is 3.03. The number of nitrogens with one attached hydrogen (secondary N) is 1. The first kappa shape index (κ1) is 18.4. The van der Waals surface area contributed by atoms with Gasteiger partial charge in [0.1, 0.15) is 5.82 Å². The molecule has 0 saturated carbocycles. The number of halogens is 2. The van der Waals surface area contributed by atoms with Crippen molar-refractivity contribution in [1.82, 2.24) is 10.2 Å². The van der Waals surface area contributed by atoms with Crippen LogP contribution in [0.15, 0.2) is 18.2 Å². The Labute approximate surface area is 134 Å². The van der Waals surface area contributed by atoms with E-state index in [1.54, 1.807) is 6.07 Å². The molecule has 0 radical (unpaired) electrons. The smallest absolute Gasteiger partial charge is 0.128 e. The molecule has 4 heteroatoms. The average Bonchev–Trinajstić information content (AvgIpc) is 2.48. The van der Waals surface area contributed by atoms with Gasteiger partial charge in [0.25, 0.3) is 0 Å². The van der Waals surface area contributed by atoms with E-state index < -0.39 is 0 Å². The minimum Gasteiger partial charge on any atom is -0.314 e. The molecule has 1 heterocycles. The predicted molar refractivity (Wildman–Crippen MR) is 89.7 cm³/mol. The Morgan fingerprint density at radius 3 is 2.62 bits per heavy atom. The molecule has 2 nitrogen and oxygen atoms in total. The number of aryl methyl sites for hydroxylation is 1. The summed E-state index contributed by atoms with van der Waals surface area (Å²) in [6, 6.07) is 5.76. The molecule has 0 bridgehead atoms. The van der Waals surface area contributed by atoms with Gasteiger partial charge in [0.05, 0.1) is 0 Å². The third kappa shape index (κ3) is 5.24. The van der Waals surface area contributed by atoms with Crippen molar-refractivity contribution < 1.29 is 4.39 Å². The second-order valence-electron chi connectivity index (χ2n) is 5.82.